The fraction of sp³-hybridized carbons (Fsp3) is 0.520. The van der Waals surface area contributed by atoms with E-state index >= 15 is 0 Å². The largest absolute Gasteiger partial charge is 0.435 e. The van der Waals surface area contributed by atoms with Gasteiger partial charge in [0.05, 0.1) is 16.4 Å². The Morgan fingerprint density at radius 3 is 1.70 bits per heavy atom. The van der Waals surface area contributed by atoms with Gasteiger partial charge in [-0.25, -0.2) is 25.6 Å². The Bertz CT molecular complexity index is 1400. The summed E-state index contributed by atoms with van der Waals surface area (Å²) in [6.45, 7) is 0.486. The lowest BCUT2D eigenvalue weighted by molar-refractivity contribution is -0.348. The molecule has 1 aliphatic heterocycles. The Labute approximate surface area is 226 Å². The van der Waals surface area contributed by atoms with E-state index in [1.54, 1.807) is 0 Å². The zero-order valence-electron chi connectivity index (χ0n) is 20.8. The highest BCUT2D eigenvalue weighted by atomic mass is 32.2. The van der Waals surface area contributed by atoms with Crippen LogP contribution < -0.4 is 0 Å². The molecule has 0 atom stereocenters. The minimum Gasteiger partial charge on any atom is -0.298 e. The predicted octanol–water partition coefficient (Wildman–Crippen LogP) is 5.46. The number of halogens is 8. The lowest BCUT2D eigenvalue weighted by atomic mass is 9.79. The second-order valence-electron chi connectivity index (χ2n) is 10.1. The van der Waals surface area contributed by atoms with Gasteiger partial charge < -0.3 is 0 Å². The molecule has 1 saturated carbocycles. The van der Waals surface area contributed by atoms with Crippen molar-refractivity contribution in [3.8, 4) is 0 Å². The van der Waals surface area contributed by atoms with Gasteiger partial charge in [0.1, 0.15) is 10.6 Å². The normalized spacial score (nSPS) is 25.1. The maximum atomic E-state index is 14.6. The van der Waals surface area contributed by atoms with Crippen LogP contribution in [0.3, 0.4) is 0 Å². The van der Waals surface area contributed by atoms with Gasteiger partial charge in [-0.3, -0.25) is 4.90 Å². The average molecular weight is 620 g/mol. The van der Waals surface area contributed by atoms with Crippen molar-refractivity contribution in [3.63, 3.8) is 0 Å². The molecule has 1 heterocycles. The SMILES string of the molecule is O=S1(=O)CCN([C@H]2CC[C@@](c3ccc(C(F)(C(F)(F)F)C(F)(F)F)cc3)(S(=O)(=O)c3ccc(F)cc3)CC2)CC1. The van der Waals surface area contributed by atoms with Crippen molar-refractivity contribution in [3.05, 3.63) is 65.5 Å². The summed E-state index contributed by atoms with van der Waals surface area (Å²) < 4.78 is 157. The number of benzene rings is 2. The van der Waals surface area contributed by atoms with Gasteiger partial charge in [0.2, 0.25) is 0 Å². The summed E-state index contributed by atoms with van der Waals surface area (Å²) in [5.41, 5.74) is -7.55. The number of nitrogens with zero attached hydrogens (tertiary/aromatic N) is 1. The molecular formula is C25H25F8NO4S2. The summed E-state index contributed by atoms with van der Waals surface area (Å²) in [5.74, 6) is -0.847. The van der Waals surface area contributed by atoms with Crippen molar-refractivity contribution in [1.29, 1.82) is 0 Å². The summed E-state index contributed by atoms with van der Waals surface area (Å²) in [6.07, 6.45) is -12.4. The zero-order valence-corrected chi connectivity index (χ0v) is 22.4. The molecular weight excluding hydrogens is 594 g/mol. The average Bonchev–Trinajstić information content (AvgIpc) is 2.87. The predicted molar refractivity (Wildman–Crippen MR) is 129 cm³/mol. The molecule has 2 fully saturated rings. The summed E-state index contributed by atoms with van der Waals surface area (Å²) >= 11 is 0. The van der Waals surface area contributed by atoms with Crippen LogP contribution in [-0.4, -0.2) is 64.7 Å². The van der Waals surface area contributed by atoms with Crippen LogP contribution in [0.2, 0.25) is 0 Å². The summed E-state index contributed by atoms with van der Waals surface area (Å²) in [4.78, 5) is 1.62. The second-order valence-corrected chi connectivity index (χ2v) is 14.7. The van der Waals surface area contributed by atoms with Crippen molar-refractivity contribution >= 4 is 19.7 Å². The molecule has 0 spiro atoms. The number of alkyl halides is 7. The van der Waals surface area contributed by atoms with Gasteiger partial charge in [-0.2, -0.15) is 26.3 Å². The lowest BCUT2D eigenvalue weighted by Gasteiger charge is -2.44. The van der Waals surface area contributed by atoms with Crippen LogP contribution in [0.25, 0.3) is 0 Å². The molecule has 0 bridgehead atoms. The first-order chi connectivity index (χ1) is 18.3. The lowest BCUT2D eigenvalue weighted by Crippen LogP contribution is -2.51. The van der Waals surface area contributed by atoms with Crippen LogP contribution in [0.1, 0.15) is 36.8 Å². The maximum absolute atomic E-state index is 14.6. The molecule has 2 aromatic carbocycles. The summed E-state index contributed by atoms with van der Waals surface area (Å²) in [5, 5.41) is 0. The van der Waals surface area contributed by atoms with Crippen LogP contribution in [0.4, 0.5) is 35.1 Å². The number of hydrogen-bond acceptors (Lipinski definition) is 5. The van der Waals surface area contributed by atoms with Crippen molar-refractivity contribution in [1.82, 2.24) is 4.90 Å². The third-order valence-corrected chi connectivity index (χ3v) is 12.1. The standard InChI is InChI=1S/C25H25F8NO4S2/c26-19-5-7-21(8-6-19)40(37,38)22(11-9-20(10-12-22)34-13-15-39(35,36)16-14-34)17-1-3-18(4-2-17)23(27,24(28,29)30)25(31,32)33/h1-8,20H,9-16H2/t20-,22+. The molecule has 1 saturated heterocycles. The number of sulfone groups is 2. The van der Waals surface area contributed by atoms with Crippen LogP contribution in [0, 0.1) is 5.82 Å². The van der Waals surface area contributed by atoms with E-state index in [-0.39, 0.29) is 66.8 Å². The fourth-order valence-corrected chi connectivity index (χ4v) is 8.96. The van der Waals surface area contributed by atoms with E-state index in [4.69, 9.17) is 0 Å². The first kappa shape index (κ1) is 30.7. The third kappa shape index (κ3) is 5.24. The molecule has 0 unspecified atom stereocenters. The molecule has 2 aromatic rings. The molecule has 40 heavy (non-hydrogen) atoms. The highest BCUT2D eigenvalue weighted by Crippen LogP contribution is 2.54. The Kier molecular flexibility index (Phi) is 7.85. The van der Waals surface area contributed by atoms with Gasteiger partial charge in [0.25, 0.3) is 0 Å². The first-order valence-electron chi connectivity index (χ1n) is 12.2. The van der Waals surface area contributed by atoms with Gasteiger partial charge >= 0.3 is 18.0 Å². The maximum Gasteiger partial charge on any atom is 0.435 e. The second kappa shape index (κ2) is 10.2. The molecule has 0 N–H and O–H groups in total. The van der Waals surface area contributed by atoms with E-state index in [1.807, 2.05) is 4.90 Å². The van der Waals surface area contributed by atoms with E-state index in [2.05, 4.69) is 0 Å². The fourth-order valence-electron chi connectivity index (χ4n) is 5.57. The minimum absolute atomic E-state index is 0.0621. The van der Waals surface area contributed by atoms with Crippen molar-refractivity contribution in [2.45, 2.75) is 59.4 Å². The van der Waals surface area contributed by atoms with E-state index in [9.17, 15) is 52.0 Å². The molecule has 4 rings (SSSR count). The van der Waals surface area contributed by atoms with Crippen LogP contribution in [0.15, 0.2) is 53.4 Å². The van der Waals surface area contributed by atoms with Gasteiger partial charge in [-0.15, -0.1) is 0 Å². The molecule has 15 heteroatoms. The summed E-state index contributed by atoms with van der Waals surface area (Å²) in [7, 11) is -7.57. The van der Waals surface area contributed by atoms with Crippen molar-refractivity contribution < 1.29 is 52.0 Å². The van der Waals surface area contributed by atoms with E-state index in [0.29, 0.717) is 12.1 Å². The molecule has 2 aliphatic rings. The van der Waals surface area contributed by atoms with E-state index < -0.39 is 53.8 Å². The third-order valence-electron chi connectivity index (χ3n) is 7.89. The Balaban J connectivity index is 1.74. The van der Waals surface area contributed by atoms with E-state index in [1.165, 1.54) is 0 Å². The zero-order chi connectivity index (χ0) is 29.8. The minimum atomic E-state index is -6.33. The Morgan fingerprint density at radius 2 is 1.25 bits per heavy atom. The van der Waals surface area contributed by atoms with Gasteiger partial charge in [0, 0.05) is 24.7 Å². The van der Waals surface area contributed by atoms with Gasteiger partial charge in [0.15, 0.2) is 19.7 Å². The van der Waals surface area contributed by atoms with Crippen LogP contribution in [-0.2, 0) is 30.1 Å². The Morgan fingerprint density at radius 1 is 0.775 bits per heavy atom. The molecule has 0 radical (unpaired) electrons. The quantitative estimate of drug-likeness (QED) is 0.329. The number of rotatable bonds is 5. The van der Waals surface area contributed by atoms with Crippen molar-refractivity contribution in [2.75, 3.05) is 24.6 Å². The van der Waals surface area contributed by atoms with Crippen LogP contribution >= 0.6 is 0 Å². The summed E-state index contributed by atoms with van der Waals surface area (Å²) in [6, 6.07) is 5.75. The monoisotopic (exact) mass is 619 g/mol. The van der Waals surface area contributed by atoms with E-state index in [0.717, 1.165) is 36.4 Å². The molecule has 0 amide bonds. The molecule has 0 aromatic heterocycles. The number of hydrogen-bond donors (Lipinski definition) is 0. The Hall–Kier alpha value is -2.26. The topological polar surface area (TPSA) is 71.5 Å². The van der Waals surface area contributed by atoms with Gasteiger partial charge in [-0.1, -0.05) is 24.3 Å². The van der Waals surface area contributed by atoms with Crippen LogP contribution in [0.5, 0.6) is 0 Å². The molecule has 222 valence electrons. The highest BCUT2D eigenvalue weighted by Gasteiger charge is 2.73. The van der Waals surface area contributed by atoms with Gasteiger partial charge in [-0.05, 0) is 55.5 Å². The first-order valence-corrected chi connectivity index (χ1v) is 15.5. The van der Waals surface area contributed by atoms with Crippen molar-refractivity contribution in [2.24, 2.45) is 0 Å². The highest BCUT2D eigenvalue weighted by molar-refractivity contribution is 7.92. The smallest absolute Gasteiger partial charge is 0.298 e. The molecule has 5 nitrogen and oxygen atoms in total. The molecule has 1 aliphatic carbocycles.